The molecule has 111 heavy (non-hydrogen) atoms. The molecule has 2 saturated carbocycles. The molecule has 16 heteroatoms. The van der Waals surface area contributed by atoms with Crippen LogP contribution in [0, 0.1) is 51.9 Å². The monoisotopic (exact) mass is 1640 g/mol. The van der Waals surface area contributed by atoms with Crippen LogP contribution in [0.4, 0.5) is 13.2 Å². The predicted molar refractivity (Wildman–Crippen MR) is 478 cm³/mol. The Morgan fingerprint density at radius 3 is 1.53 bits per heavy atom. The summed E-state index contributed by atoms with van der Waals surface area (Å²) in [6.45, 7) is 49.5. The second-order valence-corrected chi connectivity index (χ2v) is 36.0. The van der Waals surface area contributed by atoms with Crippen molar-refractivity contribution in [1.29, 1.82) is 0 Å². The molecular weight excluding hydrogens is 1500 g/mol. The molecule has 0 atom stereocenters. The second-order valence-electron chi connectivity index (χ2n) is 31.9. The minimum absolute atomic E-state index is 0. The Balaban J connectivity index is 0.000000624. The van der Waals surface area contributed by atoms with Crippen LogP contribution < -0.4 is 10.3 Å². The number of aromatic nitrogens is 4. The molecule has 1 N–H and O–H groups in total. The Kier molecular flexibility index (Phi) is 47.4. The number of aryl methyl sites for hydroxylation is 1. The molecule has 0 saturated heterocycles. The number of aromatic hydroxyl groups is 1. The fourth-order valence-corrected chi connectivity index (χ4v) is 15.1. The van der Waals surface area contributed by atoms with Crippen molar-refractivity contribution in [3.05, 3.63) is 242 Å². The molecule has 2 aliphatic carbocycles. The number of ether oxygens (including phenoxy) is 1. The summed E-state index contributed by atoms with van der Waals surface area (Å²) in [6, 6.07) is 47.2. The molecular formula is C95H137F3FeN4O4S4. The number of hydrogen-bond acceptors (Lipinski definition) is 10. The first-order valence-corrected chi connectivity index (χ1v) is 42.5. The number of para-hydroxylation sites is 1. The molecule has 0 aliphatic heterocycles. The number of rotatable bonds is 11. The third kappa shape index (κ3) is 34.6. The quantitative estimate of drug-likeness (QED) is 0.102. The molecule has 2 fully saturated rings. The minimum atomic E-state index is -4.36. The van der Waals surface area contributed by atoms with Gasteiger partial charge in [0.1, 0.15) is 17.3 Å². The number of benzene rings is 5. The van der Waals surface area contributed by atoms with Crippen molar-refractivity contribution in [2.45, 2.75) is 265 Å². The summed E-state index contributed by atoms with van der Waals surface area (Å²) in [5.74, 6) is 7.15. The molecule has 11 aromatic rings. The molecule has 13 rings (SSSR count). The Morgan fingerprint density at radius 2 is 1.13 bits per heavy atom. The van der Waals surface area contributed by atoms with E-state index in [1.54, 1.807) is 28.2 Å². The van der Waals surface area contributed by atoms with E-state index in [-0.39, 0.29) is 55.1 Å². The molecule has 6 heterocycles. The first kappa shape index (κ1) is 102. The number of hydrogen-bond donors (Lipinski definition) is 1. The van der Waals surface area contributed by atoms with E-state index in [4.69, 9.17) is 4.52 Å². The van der Waals surface area contributed by atoms with Gasteiger partial charge in [0.2, 0.25) is 0 Å². The van der Waals surface area contributed by atoms with Crippen molar-refractivity contribution < 1.29 is 44.6 Å². The molecule has 8 nitrogen and oxygen atoms in total. The van der Waals surface area contributed by atoms with Crippen molar-refractivity contribution in [2.24, 2.45) is 30.2 Å². The fraction of sp³-hybridized carbons (Fsp3) is 0.484. The second kappa shape index (κ2) is 51.3. The van der Waals surface area contributed by atoms with E-state index in [1.807, 2.05) is 146 Å². The summed E-state index contributed by atoms with van der Waals surface area (Å²) in [7, 11) is 3.16. The third-order valence-corrected chi connectivity index (χ3v) is 24.4. The van der Waals surface area contributed by atoms with Gasteiger partial charge in [-0.1, -0.05) is 287 Å². The molecule has 6 aromatic heterocycles. The van der Waals surface area contributed by atoms with Crippen LogP contribution in [-0.4, -0.2) is 31.7 Å². The van der Waals surface area contributed by atoms with Gasteiger partial charge in [-0.25, -0.2) is 4.68 Å². The third-order valence-electron chi connectivity index (χ3n) is 19.5. The topological polar surface area (TPSA) is 95.3 Å². The van der Waals surface area contributed by atoms with Gasteiger partial charge >= 0.3 is 23.2 Å². The van der Waals surface area contributed by atoms with Crippen LogP contribution in [0.3, 0.4) is 0 Å². The van der Waals surface area contributed by atoms with E-state index in [9.17, 15) is 23.1 Å². The van der Waals surface area contributed by atoms with Gasteiger partial charge in [0.25, 0.3) is 5.56 Å². The summed E-state index contributed by atoms with van der Waals surface area (Å²) in [5.41, 5.74) is 7.58. The average molecular weight is 1640 g/mol. The number of methoxy groups -OCH3 is 1. The minimum Gasteiger partial charge on any atom is -0.507 e. The van der Waals surface area contributed by atoms with E-state index in [1.165, 1.54) is 111 Å². The van der Waals surface area contributed by atoms with Crippen LogP contribution in [0.2, 0.25) is 0 Å². The van der Waals surface area contributed by atoms with Gasteiger partial charge in [-0.2, -0.15) is 13.2 Å². The number of phenols is 1. The van der Waals surface area contributed by atoms with Gasteiger partial charge in [0.05, 0.1) is 29.6 Å². The van der Waals surface area contributed by atoms with Gasteiger partial charge in [-0.05, 0) is 166 Å². The van der Waals surface area contributed by atoms with Crippen molar-refractivity contribution in [1.82, 2.24) is 19.5 Å². The maximum Gasteiger partial charge on any atom is 2.00 e. The maximum absolute atomic E-state index is 12.6. The van der Waals surface area contributed by atoms with Gasteiger partial charge in [0.15, 0.2) is 0 Å². The van der Waals surface area contributed by atoms with E-state index < -0.39 is 11.7 Å². The van der Waals surface area contributed by atoms with Crippen molar-refractivity contribution in [3.63, 3.8) is 0 Å². The summed E-state index contributed by atoms with van der Waals surface area (Å²) in [5, 5.41) is 19.1. The standard InChI is InChI=1S/C14H18N2O.C13H14O.C11H13F3O.C11H12S2.C11H12S.C8H16.C7H11NO.C7H16.C6H9NS.C5H10.2CH3.Fe/c1-10(2)13-11(3)15(4)16(14(13)17)12-8-6-5-7-9-12;1-9(2)10-7-8-13(14)12-6-4-3-5-11(10)12;1-7(2)8-4-5-10(15-3)9(6-8)11(12,13)14;1-8(2)9-5-6-11(13-9)10-4-3-7-12-10;1-8(2)11-7-9-5-3-4-6-10(9)12-11;1-7(2)8-5-3-4-6-8;1-5(2)7-4-6(3)9-8-7;1-6(2)7(3,4)5;1-5(2)6-3-7-4-8-6;1-2-4-5-3-1;;;/h5-10H,1-4H3;3-9,14H,1-2H3;4-7H,1-3H3;3-8H,1-2H3;3-8H,1-2H3;7-8H,3-6H2,1-2H3;4-5H,1-3H3;6H,1-5H3;3-5H,1-2H3;1-5H2;2*1H3;/q;;;;;;;;;;2*-1;+2. The Hall–Kier alpha value is -6.52. The van der Waals surface area contributed by atoms with Crippen molar-refractivity contribution >= 4 is 66.2 Å². The number of phenolic OH excluding ortho intramolecular Hbond substituents is 1. The van der Waals surface area contributed by atoms with Crippen molar-refractivity contribution in [3.8, 4) is 26.9 Å². The normalized spacial score (nSPS) is 12.4. The number of alkyl halides is 3. The molecule has 2 aliphatic rings. The van der Waals surface area contributed by atoms with Gasteiger partial charge < -0.3 is 29.2 Å². The van der Waals surface area contributed by atoms with Gasteiger partial charge in [-0.15, -0.1) is 45.3 Å². The zero-order valence-corrected chi connectivity index (χ0v) is 76.7. The van der Waals surface area contributed by atoms with E-state index in [0.717, 1.165) is 63.0 Å². The SMILES string of the molecule is C1CCCC1.CC(C)C(C)(C)C.CC(C)C1CCCC1.CC(C)c1cc2ccccc2s1.CC(C)c1ccc(-c2cccs2)s1.CC(C)c1ccc(O)c2ccccc12.CC(C)c1cncs1.COc1ccc(C(C)C)cc1C(F)(F)F.Cc1c(C(C)C)c(=O)n(-c2ccccc2)n1C.Cc1cc(C(C)C)no1.[CH3-].[CH3-].[Fe+2]. The molecule has 0 radical (unpaired) electrons. The predicted octanol–water partition coefficient (Wildman–Crippen LogP) is 31.5. The fourth-order valence-electron chi connectivity index (χ4n) is 11.5. The van der Waals surface area contributed by atoms with Crippen LogP contribution in [0.25, 0.3) is 36.3 Å². The van der Waals surface area contributed by atoms with Gasteiger partial charge in [-0.3, -0.25) is 14.5 Å². The van der Waals surface area contributed by atoms with Crippen LogP contribution >= 0.6 is 45.3 Å². The molecule has 5 aromatic carbocycles. The number of halogens is 3. The average Bonchev–Trinajstić information content (AvgIpc) is 1.67. The van der Waals surface area contributed by atoms with Crippen LogP contribution in [0.15, 0.2) is 172 Å². The summed E-state index contributed by atoms with van der Waals surface area (Å²) >= 11 is 7.35. The summed E-state index contributed by atoms with van der Waals surface area (Å²) < 4.78 is 52.4. The molecule has 0 unspecified atom stereocenters. The molecule has 0 spiro atoms. The number of fused-ring (bicyclic) bond motifs is 2. The molecule has 0 amide bonds. The largest absolute Gasteiger partial charge is 2.00 e. The van der Waals surface area contributed by atoms with Crippen LogP contribution in [0.1, 0.15) is 299 Å². The number of thiazole rings is 1. The first-order valence-electron chi connectivity index (χ1n) is 39.1. The smallest absolute Gasteiger partial charge is 0.507 e. The number of thiophene rings is 3. The Labute approximate surface area is 696 Å². The summed E-state index contributed by atoms with van der Waals surface area (Å²) in [4.78, 5) is 23.5. The Bertz CT molecular complexity index is 4270. The zero-order valence-electron chi connectivity index (χ0n) is 72.3. The van der Waals surface area contributed by atoms with Gasteiger partial charge in [0, 0.05) is 65.0 Å². The first-order chi connectivity index (χ1) is 50.9. The van der Waals surface area contributed by atoms with E-state index in [0.29, 0.717) is 46.3 Å². The van der Waals surface area contributed by atoms with Crippen LogP contribution in [-0.2, 0) is 30.3 Å². The number of nitrogens with zero attached hydrogens (tertiary/aromatic N) is 4. The van der Waals surface area contributed by atoms with Crippen molar-refractivity contribution in [2.75, 3.05) is 7.11 Å². The maximum atomic E-state index is 12.6. The zero-order chi connectivity index (χ0) is 80.6. The molecule has 0 bridgehead atoms. The Morgan fingerprint density at radius 1 is 0.568 bits per heavy atom. The van der Waals surface area contributed by atoms with E-state index in [2.05, 4.69) is 212 Å². The van der Waals surface area contributed by atoms with E-state index >= 15 is 0 Å². The van der Waals surface area contributed by atoms with Crippen LogP contribution in [0.5, 0.6) is 11.5 Å². The summed E-state index contributed by atoms with van der Waals surface area (Å²) in [6.07, 6.45) is 11.0. The molecule has 614 valence electrons.